The quantitative estimate of drug-likeness (QED) is 0.892. The van der Waals surface area contributed by atoms with Crippen molar-refractivity contribution in [2.24, 2.45) is 5.73 Å². The van der Waals surface area contributed by atoms with Crippen molar-refractivity contribution in [1.29, 1.82) is 0 Å². The summed E-state index contributed by atoms with van der Waals surface area (Å²) in [5.41, 5.74) is 6.01. The van der Waals surface area contributed by atoms with Crippen LogP contribution in [-0.2, 0) is 17.5 Å². The molecule has 22 heavy (non-hydrogen) atoms. The predicted molar refractivity (Wildman–Crippen MR) is 76.7 cm³/mol. The largest absolute Gasteiger partial charge is 0.416 e. The number of hydrogen-bond acceptors (Lipinski definition) is 2. The smallest absolute Gasteiger partial charge is 0.368 e. The maximum atomic E-state index is 12.5. The third-order valence-electron chi connectivity index (χ3n) is 3.21. The van der Waals surface area contributed by atoms with E-state index in [1.165, 1.54) is 12.1 Å². The Hall–Kier alpha value is -2.34. The lowest BCUT2D eigenvalue weighted by molar-refractivity contribution is -0.137. The number of carbonyl (C=O) groups is 1. The van der Waals surface area contributed by atoms with Crippen molar-refractivity contribution < 1.29 is 18.0 Å². The summed E-state index contributed by atoms with van der Waals surface area (Å²) in [6, 6.07) is 13.0. The maximum Gasteiger partial charge on any atom is 0.416 e. The number of benzene rings is 2. The number of carbonyl (C=O) groups excluding carboxylic acids is 1. The first kappa shape index (κ1) is 16.0. The number of rotatable bonds is 5. The van der Waals surface area contributed by atoms with Crippen LogP contribution in [0.2, 0.25) is 0 Å². The summed E-state index contributed by atoms with van der Waals surface area (Å²) in [7, 11) is 0. The molecule has 2 aromatic rings. The van der Waals surface area contributed by atoms with Gasteiger partial charge in [0.25, 0.3) is 0 Å². The van der Waals surface area contributed by atoms with Crippen LogP contribution < -0.4 is 11.1 Å². The summed E-state index contributed by atoms with van der Waals surface area (Å²) in [5.74, 6) is -0.543. The van der Waals surface area contributed by atoms with E-state index in [0.29, 0.717) is 11.1 Å². The summed E-state index contributed by atoms with van der Waals surface area (Å²) in [6.45, 7) is 0.237. The minimum atomic E-state index is -4.36. The van der Waals surface area contributed by atoms with Crippen molar-refractivity contribution in [3.63, 3.8) is 0 Å². The van der Waals surface area contributed by atoms with Gasteiger partial charge >= 0.3 is 6.18 Å². The molecular weight excluding hydrogens is 293 g/mol. The number of primary amides is 1. The van der Waals surface area contributed by atoms with E-state index in [2.05, 4.69) is 5.32 Å². The highest BCUT2D eigenvalue weighted by Gasteiger charge is 2.29. The molecule has 0 aliphatic rings. The van der Waals surface area contributed by atoms with E-state index in [1.807, 2.05) is 6.07 Å². The Kier molecular flexibility index (Phi) is 4.82. The van der Waals surface area contributed by atoms with E-state index in [1.54, 1.807) is 24.3 Å². The highest BCUT2D eigenvalue weighted by Crippen LogP contribution is 2.29. The number of amides is 1. The lowest BCUT2D eigenvalue weighted by atomic mass is 10.1. The maximum absolute atomic E-state index is 12.5. The van der Waals surface area contributed by atoms with Gasteiger partial charge in [-0.25, -0.2) is 0 Å². The van der Waals surface area contributed by atoms with E-state index in [4.69, 9.17) is 5.73 Å². The van der Waals surface area contributed by atoms with Gasteiger partial charge in [0, 0.05) is 6.54 Å². The molecule has 0 heterocycles. The van der Waals surface area contributed by atoms with Gasteiger partial charge in [-0.2, -0.15) is 13.2 Å². The lowest BCUT2D eigenvalue weighted by Crippen LogP contribution is -2.33. The van der Waals surface area contributed by atoms with E-state index in [-0.39, 0.29) is 6.54 Å². The molecule has 0 unspecified atom stereocenters. The van der Waals surface area contributed by atoms with Crippen LogP contribution >= 0.6 is 0 Å². The molecule has 0 radical (unpaired) electrons. The Bertz CT molecular complexity index is 624. The highest BCUT2D eigenvalue weighted by atomic mass is 19.4. The molecule has 2 aromatic carbocycles. The zero-order chi connectivity index (χ0) is 16.2. The fourth-order valence-electron chi connectivity index (χ4n) is 2.06. The first-order chi connectivity index (χ1) is 10.4. The summed E-state index contributed by atoms with van der Waals surface area (Å²) in [4.78, 5) is 11.5. The zero-order valence-corrected chi connectivity index (χ0v) is 11.6. The average molecular weight is 308 g/mol. The Morgan fingerprint density at radius 1 is 1.05 bits per heavy atom. The molecule has 0 aliphatic carbocycles. The van der Waals surface area contributed by atoms with Crippen LogP contribution in [0.4, 0.5) is 13.2 Å². The molecule has 1 atom stereocenters. The first-order valence-electron chi connectivity index (χ1n) is 6.61. The van der Waals surface area contributed by atoms with Gasteiger partial charge < -0.3 is 5.73 Å². The second-order valence-corrected chi connectivity index (χ2v) is 4.82. The highest BCUT2D eigenvalue weighted by molar-refractivity contribution is 5.81. The third-order valence-corrected chi connectivity index (χ3v) is 3.21. The molecule has 0 aliphatic heterocycles. The van der Waals surface area contributed by atoms with E-state index in [0.717, 1.165) is 12.1 Å². The SMILES string of the molecule is NC(=O)[C@H](NCc1ccc(C(F)(F)F)cc1)c1ccccc1. The van der Waals surface area contributed by atoms with Gasteiger partial charge in [0.15, 0.2) is 0 Å². The number of nitrogens with two attached hydrogens (primary N) is 1. The second-order valence-electron chi connectivity index (χ2n) is 4.82. The van der Waals surface area contributed by atoms with Gasteiger partial charge in [0.05, 0.1) is 5.56 Å². The fraction of sp³-hybridized carbons (Fsp3) is 0.188. The van der Waals surface area contributed by atoms with Crippen molar-refractivity contribution >= 4 is 5.91 Å². The summed E-state index contributed by atoms with van der Waals surface area (Å²) in [6.07, 6.45) is -4.36. The minimum absolute atomic E-state index is 0.237. The molecule has 3 N–H and O–H groups in total. The predicted octanol–water partition coefficient (Wildman–Crippen LogP) is 3.02. The van der Waals surface area contributed by atoms with Crippen LogP contribution in [0.25, 0.3) is 0 Å². The third kappa shape index (κ3) is 4.08. The van der Waals surface area contributed by atoms with Gasteiger partial charge in [-0.15, -0.1) is 0 Å². The summed E-state index contributed by atoms with van der Waals surface area (Å²) < 4.78 is 37.5. The van der Waals surface area contributed by atoms with Gasteiger partial charge in [-0.1, -0.05) is 42.5 Å². The van der Waals surface area contributed by atoms with Crippen LogP contribution in [0.1, 0.15) is 22.7 Å². The van der Waals surface area contributed by atoms with Crippen LogP contribution in [0, 0.1) is 0 Å². The first-order valence-corrected chi connectivity index (χ1v) is 6.61. The van der Waals surface area contributed by atoms with Crippen LogP contribution in [0.5, 0.6) is 0 Å². The molecule has 0 saturated carbocycles. The lowest BCUT2D eigenvalue weighted by Gasteiger charge is -2.16. The zero-order valence-electron chi connectivity index (χ0n) is 11.6. The monoisotopic (exact) mass is 308 g/mol. The Morgan fingerprint density at radius 3 is 2.14 bits per heavy atom. The van der Waals surface area contributed by atoms with Crippen LogP contribution in [0.3, 0.4) is 0 Å². The van der Waals surface area contributed by atoms with Gasteiger partial charge in [-0.3, -0.25) is 10.1 Å². The van der Waals surface area contributed by atoms with Gasteiger partial charge in [0.2, 0.25) is 5.91 Å². The van der Waals surface area contributed by atoms with Crippen LogP contribution in [0.15, 0.2) is 54.6 Å². The molecule has 3 nitrogen and oxygen atoms in total. The second kappa shape index (κ2) is 6.62. The Morgan fingerprint density at radius 2 is 1.64 bits per heavy atom. The molecule has 2 rings (SSSR count). The molecule has 6 heteroatoms. The number of nitrogens with one attached hydrogen (secondary N) is 1. The van der Waals surface area contributed by atoms with Crippen molar-refractivity contribution in [1.82, 2.24) is 5.32 Å². The minimum Gasteiger partial charge on any atom is -0.368 e. The van der Waals surface area contributed by atoms with Crippen molar-refractivity contribution in [2.45, 2.75) is 18.8 Å². The molecule has 0 spiro atoms. The Balaban J connectivity index is 2.06. The van der Waals surface area contributed by atoms with Crippen molar-refractivity contribution in [3.8, 4) is 0 Å². The number of hydrogen-bond donors (Lipinski definition) is 2. The average Bonchev–Trinajstić information content (AvgIpc) is 2.48. The van der Waals surface area contributed by atoms with E-state index < -0.39 is 23.7 Å². The summed E-state index contributed by atoms with van der Waals surface area (Å²) >= 11 is 0. The van der Waals surface area contributed by atoms with Crippen molar-refractivity contribution in [2.75, 3.05) is 0 Å². The standard InChI is InChI=1S/C16H15F3N2O/c17-16(18,19)13-8-6-11(7-9-13)10-21-14(15(20)22)12-4-2-1-3-5-12/h1-9,14,21H,10H2,(H2,20,22)/t14-/m1/s1. The number of halogens is 3. The molecule has 116 valence electrons. The topological polar surface area (TPSA) is 55.1 Å². The number of alkyl halides is 3. The molecular formula is C16H15F3N2O. The van der Waals surface area contributed by atoms with Gasteiger partial charge in [-0.05, 0) is 23.3 Å². The molecule has 0 aromatic heterocycles. The van der Waals surface area contributed by atoms with Gasteiger partial charge in [0.1, 0.15) is 6.04 Å². The molecule has 0 fully saturated rings. The summed E-state index contributed by atoms with van der Waals surface area (Å²) in [5, 5.41) is 2.95. The fourth-order valence-corrected chi connectivity index (χ4v) is 2.06. The molecule has 0 saturated heterocycles. The van der Waals surface area contributed by atoms with E-state index in [9.17, 15) is 18.0 Å². The van der Waals surface area contributed by atoms with E-state index >= 15 is 0 Å². The molecule has 1 amide bonds. The molecule has 0 bridgehead atoms. The van der Waals surface area contributed by atoms with Crippen LogP contribution in [-0.4, -0.2) is 5.91 Å². The van der Waals surface area contributed by atoms with Crippen molar-refractivity contribution in [3.05, 3.63) is 71.3 Å². The normalized spacial score (nSPS) is 12.9. The Labute approximate surface area is 125 Å².